The summed E-state index contributed by atoms with van der Waals surface area (Å²) in [5, 5.41) is 12.8. The number of nitrogens with one attached hydrogen (secondary N) is 1. The number of nitriles is 1. The first-order valence-electron chi connectivity index (χ1n) is 9.74. The highest BCUT2D eigenvalue weighted by molar-refractivity contribution is 9.10. The lowest BCUT2D eigenvalue weighted by molar-refractivity contribution is 0.0864. The zero-order chi connectivity index (χ0) is 21.2. The first kappa shape index (κ1) is 21.5. The molecule has 1 aliphatic rings. The van der Waals surface area contributed by atoms with Gasteiger partial charge in [-0.25, -0.2) is 4.98 Å². The van der Waals surface area contributed by atoms with Crippen molar-refractivity contribution in [1.82, 2.24) is 10.3 Å². The Morgan fingerprint density at radius 3 is 2.55 bits per heavy atom. The SMILES string of the molecule is CC1(C)CC(CC(=O)c2ccc(Oc3cccnc3C#N)c(Br)c2)CC(C)(C)N1. The number of benzene rings is 1. The molecular formula is C23H26BrN3O2. The van der Waals surface area contributed by atoms with E-state index < -0.39 is 0 Å². The molecule has 0 aliphatic carbocycles. The highest BCUT2D eigenvalue weighted by atomic mass is 79.9. The van der Waals surface area contributed by atoms with E-state index >= 15 is 0 Å². The van der Waals surface area contributed by atoms with E-state index in [4.69, 9.17) is 10.00 Å². The summed E-state index contributed by atoms with van der Waals surface area (Å²) in [5.74, 6) is 1.40. The normalized spacial score (nSPS) is 18.1. The first-order valence-corrected chi connectivity index (χ1v) is 10.5. The lowest BCUT2D eigenvalue weighted by Gasteiger charge is -2.46. The molecule has 2 heterocycles. The largest absolute Gasteiger partial charge is 0.453 e. The fourth-order valence-electron chi connectivity index (χ4n) is 4.49. The maximum atomic E-state index is 12.9. The third-order valence-electron chi connectivity index (χ3n) is 5.10. The quantitative estimate of drug-likeness (QED) is 0.590. The van der Waals surface area contributed by atoms with Crippen molar-refractivity contribution in [3.8, 4) is 17.6 Å². The van der Waals surface area contributed by atoms with Gasteiger partial charge in [-0.1, -0.05) is 0 Å². The molecule has 29 heavy (non-hydrogen) atoms. The van der Waals surface area contributed by atoms with Gasteiger partial charge in [0.05, 0.1) is 4.47 Å². The summed E-state index contributed by atoms with van der Waals surface area (Å²) in [7, 11) is 0. The number of carbonyl (C=O) groups is 1. The zero-order valence-corrected chi connectivity index (χ0v) is 18.8. The summed E-state index contributed by atoms with van der Waals surface area (Å²) in [6.45, 7) is 8.79. The Morgan fingerprint density at radius 2 is 1.93 bits per heavy atom. The molecule has 0 bridgehead atoms. The Hall–Kier alpha value is -2.23. The molecule has 6 heteroatoms. The van der Waals surface area contributed by atoms with E-state index in [2.05, 4.69) is 53.9 Å². The maximum absolute atomic E-state index is 12.9. The number of hydrogen-bond donors (Lipinski definition) is 1. The van der Waals surface area contributed by atoms with Gasteiger partial charge in [0.15, 0.2) is 17.2 Å². The first-order chi connectivity index (χ1) is 13.6. The molecule has 0 saturated carbocycles. The van der Waals surface area contributed by atoms with Gasteiger partial charge in [0.2, 0.25) is 0 Å². The van der Waals surface area contributed by atoms with E-state index in [0.717, 1.165) is 12.8 Å². The van der Waals surface area contributed by atoms with Crippen LogP contribution in [-0.2, 0) is 0 Å². The van der Waals surface area contributed by atoms with Crippen molar-refractivity contribution >= 4 is 21.7 Å². The zero-order valence-electron chi connectivity index (χ0n) is 17.3. The number of halogens is 1. The summed E-state index contributed by atoms with van der Waals surface area (Å²) in [6, 6.07) is 10.7. The molecule has 1 aromatic heterocycles. The molecule has 152 valence electrons. The number of piperidine rings is 1. The predicted octanol–water partition coefficient (Wildman–Crippen LogP) is 5.64. The monoisotopic (exact) mass is 455 g/mol. The molecule has 1 aliphatic heterocycles. The molecule has 0 amide bonds. The third kappa shape index (κ3) is 5.43. The Kier molecular flexibility index (Phi) is 6.11. The second-order valence-corrected chi connectivity index (χ2v) is 9.86. The van der Waals surface area contributed by atoms with Gasteiger partial charge in [-0.15, -0.1) is 0 Å². The van der Waals surface area contributed by atoms with Gasteiger partial charge >= 0.3 is 0 Å². The lowest BCUT2D eigenvalue weighted by atomic mass is 9.74. The van der Waals surface area contributed by atoms with Crippen LogP contribution in [-0.4, -0.2) is 21.8 Å². The molecular weight excluding hydrogens is 430 g/mol. The van der Waals surface area contributed by atoms with Crippen molar-refractivity contribution in [2.24, 2.45) is 5.92 Å². The maximum Gasteiger partial charge on any atom is 0.183 e. The molecule has 0 spiro atoms. The number of pyridine rings is 1. The highest BCUT2D eigenvalue weighted by Gasteiger charge is 2.38. The van der Waals surface area contributed by atoms with Crippen molar-refractivity contribution in [3.05, 3.63) is 52.3 Å². The van der Waals surface area contributed by atoms with Crippen LogP contribution in [0, 0.1) is 17.2 Å². The molecule has 1 N–H and O–H groups in total. The van der Waals surface area contributed by atoms with Crippen molar-refractivity contribution in [2.75, 3.05) is 0 Å². The van der Waals surface area contributed by atoms with Crippen LogP contribution in [0.2, 0.25) is 0 Å². The van der Waals surface area contributed by atoms with Crippen molar-refractivity contribution in [2.45, 2.75) is 58.0 Å². The summed E-state index contributed by atoms with van der Waals surface area (Å²) in [4.78, 5) is 16.9. The van der Waals surface area contributed by atoms with Gasteiger partial charge in [-0.05, 0) is 92.7 Å². The average molecular weight is 456 g/mol. The van der Waals surface area contributed by atoms with Crippen LogP contribution in [0.25, 0.3) is 0 Å². The standard InChI is InChI=1S/C23H26BrN3O2/c1-22(2)12-15(13-23(3,4)27-22)10-19(28)16-7-8-20(17(24)11-16)29-21-6-5-9-26-18(21)14-25/h5-9,11,15,27H,10,12-13H2,1-4H3. The number of Topliss-reactive ketones (excluding diaryl/α,β-unsaturated/α-hetero) is 1. The lowest BCUT2D eigenvalue weighted by Crippen LogP contribution is -2.57. The summed E-state index contributed by atoms with van der Waals surface area (Å²) >= 11 is 3.49. The molecule has 0 radical (unpaired) electrons. The second-order valence-electron chi connectivity index (χ2n) is 9.00. The Morgan fingerprint density at radius 1 is 1.24 bits per heavy atom. The van der Waals surface area contributed by atoms with E-state index in [1.54, 1.807) is 36.5 Å². The van der Waals surface area contributed by atoms with Crippen LogP contribution in [0.1, 0.15) is 63.0 Å². The Bertz CT molecular complexity index is 947. The number of aromatic nitrogens is 1. The van der Waals surface area contributed by atoms with Gasteiger partial charge in [0.25, 0.3) is 0 Å². The summed E-state index contributed by atoms with van der Waals surface area (Å²) in [6.07, 6.45) is 4.03. The van der Waals surface area contributed by atoms with Crippen molar-refractivity contribution in [1.29, 1.82) is 5.26 Å². The Labute approximate surface area is 180 Å². The van der Waals surface area contributed by atoms with Crippen LogP contribution < -0.4 is 10.1 Å². The fraction of sp³-hybridized carbons (Fsp3) is 0.435. The number of carbonyl (C=O) groups excluding carboxylic acids is 1. The van der Waals surface area contributed by atoms with E-state index in [-0.39, 0.29) is 22.6 Å². The van der Waals surface area contributed by atoms with Gasteiger partial charge in [0, 0.05) is 29.3 Å². The smallest absolute Gasteiger partial charge is 0.183 e. The molecule has 5 nitrogen and oxygen atoms in total. The van der Waals surface area contributed by atoms with Crippen LogP contribution >= 0.6 is 15.9 Å². The number of ether oxygens (including phenoxy) is 1. The Balaban J connectivity index is 1.73. The van der Waals surface area contributed by atoms with E-state index in [9.17, 15) is 4.79 Å². The molecule has 0 unspecified atom stereocenters. The number of nitrogens with zero attached hydrogens (tertiary/aromatic N) is 2. The minimum absolute atomic E-state index is 0.0210. The molecule has 1 aromatic carbocycles. The fourth-order valence-corrected chi connectivity index (χ4v) is 4.95. The van der Waals surface area contributed by atoms with Crippen LogP contribution in [0.4, 0.5) is 0 Å². The van der Waals surface area contributed by atoms with Gasteiger partial charge in [-0.2, -0.15) is 5.26 Å². The minimum atomic E-state index is 0.0210. The highest BCUT2D eigenvalue weighted by Crippen LogP contribution is 2.36. The second kappa shape index (κ2) is 8.25. The van der Waals surface area contributed by atoms with Gasteiger partial charge in [-0.3, -0.25) is 4.79 Å². The predicted molar refractivity (Wildman–Crippen MR) is 116 cm³/mol. The minimum Gasteiger partial charge on any atom is -0.453 e. The van der Waals surface area contributed by atoms with E-state index in [1.165, 1.54) is 0 Å². The van der Waals surface area contributed by atoms with Gasteiger partial charge < -0.3 is 10.1 Å². The topological polar surface area (TPSA) is 75.0 Å². The molecule has 0 atom stereocenters. The van der Waals surface area contributed by atoms with E-state index in [1.807, 2.05) is 6.07 Å². The number of hydrogen-bond acceptors (Lipinski definition) is 5. The number of ketones is 1. The van der Waals surface area contributed by atoms with E-state index in [0.29, 0.717) is 33.9 Å². The third-order valence-corrected chi connectivity index (χ3v) is 5.72. The van der Waals surface area contributed by atoms with Crippen molar-refractivity contribution in [3.63, 3.8) is 0 Å². The van der Waals surface area contributed by atoms with Gasteiger partial charge in [0.1, 0.15) is 11.8 Å². The molecule has 3 rings (SSSR count). The van der Waals surface area contributed by atoms with Crippen molar-refractivity contribution < 1.29 is 9.53 Å². The van der Waals surface area contributed by atoms with Crippen LogP contribution in [0.15, 0.2) is 41.0 Å². The van der Waals surface area contributed by atoms with Crippen LogP contribution in [0.3, 0.4) is 0 Å². The average Bonchev–Trinajstić information content (AvgIpc) is 2.61. The summed E-state index contributed by atoms with van der Waals surface area (Å²) < 4.78 is 6.49. The summed E-state index contributed by atoms with van der Waals surface area (Å²) in [5.41, 5.74) is 0.918. The molecule has 1 saturated heterocycles. The molecule has 1 fully saturated rings. The number of rotatable bonds is 5. The van der Waals surface area contributed by atoms with Crippen LogP contribution in [0.5, 0.6) is 11.5 Å². The molecule has 2 aromatic rings.